The highest BCUT2D eigenvalue weighted by molar-refractivity contribution is 7.13. The van der Waals surface area contributed by atoms with Gasteiger partial charge in [-0.3, -0.25) is 4.79 Å². The molecule has 0 fully saturated rings. The van der Waals surface area contributed by atoms with Crippen molar-refractivity contribution >= 4 is 22.4 Å². The number of nitrogens with zero attached hydrogens (tertiary/aromatic N) is 1. The average Bonchev–Trinajstić information content (AvgIpc) is 2.89. The van der Waals surface area contributed by atoms with Gasteiger partial charge in [0.1, 0.15) is 5.75 Å². The van der Waals surface area contributed by atoms with Crippen LogP contribution in [0.5, 0.6) is 5.75 Å². The number of amides is 1. The van der Waals surface area contributed by atoms with Crippen molar-refractivity contribution in [3.8, 4) is 17.0 Å². The molecule has 6 heteroatoms. The third-order valence-corrected chi connectivity index (χ3v) is 3.29. The summed E-state index contributed by atoms with van der Waals surface area (Å²) in [5, 5.41) is 5.15. The Kier molecular flexibility index (Phi) is 4.95. The minimum absolute atomic E-state index is 0.00334. The second-order valence-corrected chi connectivity index (χ2v) is 5.10. The van der Waals surface area contributed by atoms with Crippen LogP contribution in [0.4, 0.5) is 5.13 Å². The van der Waals surface area contributed by atoms with Gasteiger partial charge in [-0.05, 0) is 18.6 Å². The zero-order chi connectivity index (χ0) is 14.4. The summed E-state index contributed by atoms with van der Waals surface area (Å²) in [6.45, 7) is 2.66. The predicted molar refractivity (Wildman–Crippen MR) is 80.8 cm³/mol. The van der Waals surface area contributed by atoms with E-state index in [0.29, 0.717) is 17.4 Å². The second kappa shape index (κ2) is 6.91. The maximum absolute atomic E-state index is 11.6. The van der Waals surface area contributed by atoms with E-state index in [0.717, 1.165) is 17.7 Å². The molecule has 0 unspecified atom stereocenters. The quantitative estimate of drug-likeness (QED) is 0.856. The molecule has 2 aromatic rings. The summed E-state index contributed by atoms with van der Waals surface area (Å²) >= 11 is 1.38. The van der Waals surface area contributed by atoms with Crippen molar-refractivity contribution in [3.63, 3.8) is 0 Å². The SMILES string of the molecule is CCCNC(=O)COc1ccccc1-c1csc(N)n1. The first-order chi connectivity index (χ1) is 9.70. The van der Waals surface area contributed by atoms with E-state index < -0.39 is 0 Å². The van der Waals surface area contributed by atoms with Gasteiger partial charge in [0.2, 0.25) is 0 Å². The number of nitrogens with one attached hydrogen (secondary N) is 1. The number of nitrogen functional groups attached to an aromatic ring is 1. The molecule has 3 N–H and O–H groups in total. The summed E-state index contributed by atoms with van der Waals surface area (Å²) in [5.74, 6) is 0.504. The van der Waals surface area contributed by atoms with Gasteiger partial charge in [0.25, 0.3) is 5.91 Å². The molecule has 2 rings (SSSR count). The maximum Gasteiger partial charge on any atom is 0.257 e. The minimum atomic E-state index is -0.126. The molecule has 1 aromatic carbocycles. The number of carbonyl (C=O) groups excluding carboxylic acids is 1. The van der Waals surface area contributed by atoms with Gasteiger partial charge in [0.15, 0.2) is 11.7 Å². The fourth-order valence-corrected chi connectivity index (χ4v) is 2.24. The van der Waals surface area contributed by atoms with E-state index in [1.54, 1.807) is 0 Å². The number of ether oxygens (including phenoxy) is 1. The van der Waals surface area contributed by atoms with Crippen LogP contribution in [0.1, 0.15) is 13.3 Å². The lowest BCUT2D eigenvalue weighted by Gasteiger charge is -2.10. The molecule has 1 heterocycles. The Bertz CT molecular complexity index is 583. The fraction of sp³-hybridized carbons (Fsp3) is 0.286. The molecule has 0 aliphatic heterocycles. The zero-order valence-electron chi connectivity index (χ0n) is 11.3. The van der Waals surface area contributed by atoms with Crippen molar-refractivity contribution in [1.29, 1.82) is 0 Å². The van der Waals surface area contributed by atoms with Crippen molar-refractivity contribution in [2.24, 2.45) is 0 Å². The Morgan fingerprint density at radius 2 is 2.25 bits per heavy atom. The summed E-state index contributed by atoms with van der Waals surface area (Å²) < 4.78 is 5.57. The second-order valence-electron chi connectivity index (χ2n) is 4.21. The van der Waals surface area contributed by atoms with Gasteiger partial charge in [-0.25, -0.2) is 4.98 Å². The lowest BCUT2D eigenvalue weighted by Crippen LogP contribution is -2.29. The summed E-state index contributed by atoms with van der Waals surface area (Å²) in [5.41, 5.74) is 7.24. The first-order valence-corrected chi connectivity index (χ1v) is 7.28. The molecule has 106 valence electrons. The van der Waals surface area contributed by atoms with Crippen LogP contribution >= 0.6 is 11.3 Å². The Morgan fingerprint density at radius 1 is 1.45 bits per heavy atom. The van der Waals surface area contributed by atoms with E-state index in [1.807, 2.05) is 36.6 Å². The lowest BCUT2D eigenvalue weighted by atomic mass is 10.1. The lowest BCUT2D eigenvalue weighted by molar-refractivity contribution is -0.123. The van der Waals surface area contributed by atoms with Crippen LogP contribution in [0.15, 0.2) is 29.6 Å². The van der Waals surface area contributed by atoms with Crippen LogP contribution in [-0.2, 0) is 4.79 Å². The third kappa shape index (κ3) is 3.71. The Balaban J connectivity index is 2.07. The number of thiazole rings is 1. The van der Waals surface area contributed by atoms with E-state index in [-0.39, 0.29) is 12.5 Å². The molecule has 0 aliphatic carbocycles. The molecular formula is C14H17N3O2S. The van der Waals surface area contributed by atoms with Crippen LogP contribution in [-0.4, -0.2) is 24.0 Å². The van der Waals surface area contributed by atoms with Crippen LogP contribution in [0.3, 0.4) is 0 Å². The molecule has 1 amide bonds. The largest absolute Gasteiger partial charge is 0.483 e. The number of anilines is 1. The molecule has 0 saturated carbocycles. The number of nitrogens with two attached hydrogens (primary N) is 1. The summed E-state index contributed by atoms with van der Waals surface area (Å²) in [7, 11) is 0. The molecule has 0 saturated heterocycles. The highest BCUT2D eigenvalue weighted by Crippen LogP contribution is 2.31. The Labute approximate surface area is 121 Å². The fourth-order valence-electron chi connectivity index (χ4n) is 1.67. The molecule has 5 nitrogen and oxygen atoms in total. The number of aromatic nitrogens is 1. The first kappa shape index (κ1) is 14.3. The maximum atomic E-state index is 11.6. The van der Waals surface area contributed by atoms with E-state index in [9.17, 15) is 4.79 Å². The number of benzene rings is 1. The van der Waals surface area contributed by atoms with E-state index in [1.165, 1.54) is 11.3 Å². The summed E-state index contributed by atoms with van der Waals surface area (Å²) in [4.78, 5) is 15.8. The summed E-state index contributed by atoms with van der Waals surface area (Å²) in [6.07, 6.45) is 0.903. The van der Waals surface area contributed by atoms with Crippen molar-refractivity contribution in [2.75, 3.05) is 18.9 Å². The Hall–Kier alpha value is -2.08. The topological polar surface area (TPSA) is 77.2 Å². The van der Waals surface area contributed by atoms with Gasteiger partial charge in [-0.1, -0.05) is 19.1 Å². The van der Waals surface area contributed by atoms with E-state index >= 15 is 0 Å². The highest BCUT2D eigenvalue weighted by atomic mass is 32.1. The van der Waals surface area contributed by atoms with Gasteiger partial charge < -0.3 is 15.8 Å². The Morgan fingerprint density at radius 3 is 2.95 bits per heavy atom. The zero-order valence-corrected chi connectivity index (χ0v) is 12.1. The van der Waals surface area contributed by atoms with E-state index in [4.69, 9.17) is 10.5 Å². The van der Waals surface area contributed by atoms with Crippen molar-refractivity contribution < 1.29 is 9.53 Å². The third-order valence-electron chi connectivity index (χ3n) is 2.62. The van der Waals surface area contributed by atoms with Crippen LogP contribution in [0.2, 0.25) is 0 Å². The predicted octanol–water partition coefficient (Wildman–Crippen LogP) is 2.30. The number of carbonyl (C=O) groups is 1. The molecule has 20 heavy (non-hydrogen) atoms. The number of rotatable bonds is 6. The smallest absolute Gasteiger partial charge is 0.257 e. The van der Waals surface area contributed by atoms with Crippen molar-refractivity contribution in [1.82, 2.24) is 10.3 Å². The van der Waals surface area contributed by atoms with Crippen LogP contribution < -0.4 is 15.8 Å². The molecule has 0 spiro atoms. The monoisotopic (exact) mass is 291 g/mol. The van der Waals surface area contributed by atoms with Crippen molar-refractivity contribution in [3.05, 3.63) is 29.6 Å². The normalized spacial score (nSPS) is 10.2. The average molecular weight is 291 g/mol. The minimum Gasteiger partial charge on any atom is -0.483 e. The standard InChI is InChI=1S/C14H17N3O2S/c1-2-7-16-13(18)8-19-12-6-4-3-5-10(12)11-9-20-14(15)17-11/h3-6,9H,2,7-8H2,1H3,(H2,15,17)(H,16,18). The van der Waals surface area contributed by atoms with Crippen LogP contribution in [0.25, 0.3) is 11.3 Å². The van der Waals surface area contributed by atoms with Crippen molar-refractivity contribution in [2.45, 2.75) is 13.3 Å². The molecule has 0 radical (unpaired) electrons. The number of hydrogen-bond acceptors (Lipinski definition) is 5. The number of para-hydroxylation sites is 1. The molecular weight excluding hydrogens is 274 g/mol. The van der Waals surface area contributed by atoms with Crippen LogP contribution in [0, 0.1) is 0 Å². The number of hydrogen-bond donors (Lipinski definition) is 2. The van der Waals surface area contributed by atoms with E-state index in [2.05, 4.69) is 10.3 Å². The molecule has 0 bridgehead atoms. The summed E-state index contributed by atoms with van der Waals surface area (Å²) in [6, 6.07) is 7.47. The van der Waals surface area contributed by atoms with Gasteiger partial charge >= 0.3 is 0 Å². The first-order valence-electron chi connectivity index (χ1n) is 6.40. The highest BCUT2D eigenvalue weighted by Gasteiger charge is 2.10. The molecule has 1 aromatic heterocycles. The van der Waals surface area contributed by atoms with Gasteiger partial charge in [0, 0.05) is 17.5 Å². The van der Waals surface area contributed by atoms with Gasteiger partial charge in [-0.2, -0.15) is 0 Å². The molecule has 0 atom stereocenters. The van der Waals surface area contributed by atoms with Gasteiger partial charge in [0.05, 0.1) is 5.69 Å². The molecule has 0 aliphatic rings. The van der Waals surface area contributed by atoms with Gasteiger partial charge in [-0.15, -0.1) is 11.3 Å².